The largest absolute Gasteiger partial charge is 0.336 e. The monoisotopic (exact) mass is 344 g/mol. The van der Waals surface area contributed by atoms with Crippen molar-refractivity contribution in [3.05, 3.63) is 22.4 Å². The molecule has 0 aliphatic carbocycles. The van der Waals surface area contributed by atoms with Gasteiger partial charge in [-0.15, -0.1) is 11.3 Å². The highest BCUT2D eigenvalue weighted by Gasteiger charge is 2.37. The molecule has 1 amide bonds. The van der Waals surface area contributed by atoms with E-state index in [4.69, 9.17) is 0 Å². The Hall–Kier alpha value is -0.920. The highest BCUT2D eigenvalue weighted by molar-refractivity contribution is 7.89. The van der Waals surface area contributed by atoms with Gasteiger partial charge in [-0.2, -0.15) is 0 Å². The van der Waals surface area contributed by atoms with Crippen molar-refractivity contribution in [2.75, 3.05) is 12.8 Å². The maximum atomic E-state index is 12.3. The van der Waals surface area contributed by atoms with Crippen LogP contribution in [0, 0.1) is 0 Å². The third-order valence-electron chi connectivity index (χ3n) is 4.04. The fourth-order valence-electron chi connectivity index (χ4n) is 2.84. The molecule has 1 saturated heterocycles. The molecule has 2 rings (SSSR count). The molecule has 5 nitrogen and oxygen atoms in total. The quantitative estimate of drug-likeness (QED) is 0.773. The third kappa shape index (κ3) is 4.30. The van der Waals surface area contributed by atoms with Crippen molar-refractivity contribution in [1.29, 1.82) is 0 Å². The predicted octanol–water partition coefficient (Wildman–Crippen LogP) is 2.52. The summed E-state index contributed by atoms with van der Waals surface area (Å²) in [6, 6.07) is 3.44. The summed E-state index contributed by atoms with van der Waals surface area (Å²) in [7, 11) is -1.55. The maximum Gasteiger partial charge on any atom is 0.222 e. The highest BCUT2D eigenvalue weighted by Crippen LogP contribution is 2.33. The Morgan fingerprint density at radius 2 is 2.18 bits per heavy atom. The Labute approximate surface area is 136 Å². The topological polar surface area (TPSA) is 66.5 Å². The Kier molecular flexibility index (Phi) is 6.00. The zero-order valence-electron chi connectivity index (χ0n) is 13.1. The van der Waals surface area contributed by atoms with Gasteiger partial charge in [0.1, 0.15) is 0 Å². The fourth-order valence-corrected chi connectivity index (χ4v) is 5.19. The van der Waals surface area contributed by atoms with Gasteiger partial charge in [-0.05, 0) is 24.3 Å². The second-order valence-corrected chi connectivity index (χ2v) is 8.61. The first-order chi connectivity index (χ1) is 10.4. The minimum atomic E-state index is -3.30. The number of nitrogens with one attached hydrogen (secondary N) is 1. The molecule has 22 heavy (non-hydrogen) atoms. The van der Waals surface area contributed by atoms with E-state index in [1.165, 1.54) is 0 Å². The van der Waals surface area contributed by atoms with E-state index in [-0.39, 0.29) is 23.7 Å². The van der Waals surface area contributed by atoms with Crippen LogP contribution in [0.3, 0.4) is 0 Å². The van der Waals surface area contributed by atoms with Crippen molar-refractivity contribution in [3.63, 3.8) is 0 Å². The maximum absolute atomic E-state index is 12.3. The summed E-state index contributed by atoms with van der Waals surface area (Å²) < 4.78 is 27.4. The lowest BCUT2D eigenvalue weighted by molar-refractivity contribution is -0.135. The minimum absolute atomic E-state index is 0.0693. The molecule has 1 N–H and O–H groups in total. The first-order valence-corrected chi connectivity index (χ1v) is 10.3. The van der Waals surface area contributed by atoms with Crippen LogP contribution in [0.2, 0.25) is 0 Å². The molecule has 2 unspecified atom stereocenters. The van der Waals surface area contributed by atoms with Crippen molar-refractivity contribution >= 4 is 27.3 Å². The number of piperidine rings is 1. The van der Waals surface area contributed by atoms with Crippen LogP contribution in [-0.4, -0.2) is 38.1 Å². The molecule has 1 aliphatic heterocycles. The molecular weight excluding hydrogens is 320 g/mol. The van der Waals surface area contributed by atoms with E-state index in [2.05, 4.69) is 11.6 Å². The number of sulfonamides is 1. The number of likely N-dealkylation sites (N-methyl/N-ethyl adjacent to an activating group) is 1. The lowest BCUT2D eigenvalue weighted by atomic mass is 9.96. The summed E-state index contributed by atoms with van der Waals surface area (Å²) in [6.45, 7) is 2.05. The number of hydrogen-bond donors (Lipinski definition) is 1. The van der Waals surface area contributed by atoms with Gasteiger partial charge in [0.15, 0.2) is 0 Å². The summed E-state index contributed by atoms with van der Waals surface area (Å²) in [5.74, 6) is 0.228. The van der Waals surface area contributed by atoms with E-state index >= 15 is 0 Å². The van der Waals surface area contributed by atoms with Crippen LogP contribution in [0.4, 0.5) is 0 Å². The Bertz CT molecular complexity index is 584. The number of hydrogen-bond acceptors (Lipinski definition) is 4. The number of amides is 1. The zero-order valence-corrected chi connectivity index (χ0v) is 14.8. The van der Waals surface area contributed by atoms with Crippen LogP contribution >= 0.6 is 11.3 Å². The van der Waals surface area contributed by atoms with Gasteiger partial charge in [0.2, 0.25) is 15.9 Å². The van der Waals surface area contributed by atoms with Gasteiger partial charge in [-0.3, -0.25) is 4.79 Å². The van der Waals surface area contributed by atoms with Crippen molar-refractivity contribution in [3.8, 4) is 0 Å². The summed E-state index contributed by atoms with van der Waals surface area (Å²) in [6.07, 6.45) is 3.53. The average molecular weight is 345 g/mol. The van der Waals surface area contributed by atoms with Crippen LogP contribution in [-0.2, 0) is 14.8 Å². The van der Waals surface area contributed by atoms with Crippen molar-refractivity contribution in [2.24, 2.45) is 0 Å². The molecule has 0 aromatic carbocycles. The van der Waals surface area contributed by atoms with Crippen LogP contribution in [0.25, 0.3) is 0 Å². The number of carbonyl (C=O) groups is 1. The van der Waals surface area contributed by atoms with Crippen LogP contribution < -0.4 is 4.72 Å². The molecule has 0 spiro atoms. The van der Waals surface area contributed by atoms with Crippen LogP contribution in [0.1, 0.15) is 49.9 Å². The van der Waals surface area contributed by atoms with Gasteiger partial charge in [0.25, 0.3) is 0 Å². The molecule has 2 atom stereocenters. The van der Waals surface area contributed by atoms with Gasteiger partial charge >= 0.3 is 0 Å². The van der Waals surface area contributed by atoms with E-state index in [9.17, 15) is 13.2 Å². The van der Waals surface area contributed by atoms with Gasteiger partial charge in [0.05, 0.1) is 11.8 Å². The van der Waals surface area contributed by atoms with E-state index in [0.717, 1.165) is 17.7 Å². The molecule has 0 saturated carbocycles. The molecule has 124 valence electrons. The van der Waals surface area contributed by atoms with Crippen LogP contribution in [0.15, 0.2) is 17.5 Å². The second kappa shape index (κ2) is 7.57. The van der Waals surface area contributed by atoms with Crippen molar-refractivity contribution in [1.82, 2.24) is 9.62 Å². The lowest BCUT2D eigenvalue weighted by Crippen LogP contribution is -2.50. The number of thiophene rings is 1. The SMILES string of the molecule is CCCCCS(=O)(=O)NC1CCC(=O)N(C)C1c1cccs1. The molecule has 0 bridgehead atoms. The minimum Gasteiger partial charge on any atom is -0.336 e. The summed E-state index contributed by atoms with van der Waals surface area (Å²) in [5.41, 5.74) is 0. The molecular formula is C15H24N2O3S2. The van der Waals surface area contributed by atoms with E-state index in [1.807, 2.05) is 17.5 Å². The number of carbonyl (C=O) groups excluding carboxylic acids is 1. The van der Waals surface area contributed by atoms with E-state index in [0.29, 0.717) is 19.3 Å². The summed E-state index contributed by atoms with van der Waals surface area (Å²) in [5, 5.41) is 1.95. The van der Waals surface area contributed by atoms with E-state index < -0.39 is 10.0 Å². The first kappa shape index (κ1) is 17.4. The van der Waals surface area contributed by atoms with Crippen molar-refractivity contribution < 1.29 is 13.2 Å². The number of unbranched alkanes of at least 4 members (excludes halogenated alkanes) is 2. The Morgan fingerprint density at radius 3 is 2.82 bits per heavy atom. The van der Waals surface area contributed by atoms with Crippen molar-refractivity contribution in [2.45, 2.75) is 51.1 Å². The molecule has 1 aromatic heterocycles. The lowest BCUT2D eigenvalue weighted by Gasteiger charge is -2.38. The third-order valence-corrected chi connectivity index (χ3v) is 6.47. The molecule has 2 heterocycles. The summed E-state index contributed by atoms with van der Waals surface area (Å²) in [4.78, 5) is 14.7. The molecule has 1 aromatic rings. The van der Waals surface area contributed by atoms with Gasteiger partial charge in [-0.1, -0.05) is 25.8 Å². The normalized spacial score (nSPS) is 23.0. The average Bonchev–Trinajstić information content (AvgIpc) is 2.97. The summed E-state index contributed by atoms with van der Waals surface area (Å²) >= 11 is 1.56. The van der Waals surface area contributed by atoms with Gasteiger partial charge < -0.3 is 4.90 Å². The fraction of sp³-hybridized carbons (Fsp3) is 0.667. The molecule has 1 aliphatic rings. The first-order valence-electron chi connectivity index (χ1n) is 7.73. The number of rotatable bonds is 7. The molecule has 1 fully saturated rings. The Balaban J connectivity index is 2.12. The molecule has 0 radical (unpaired) electrons. The number of nitrogens with zero attached hydrogens (tertiary/aromatic N) is 1. The number of likely N-dealkylation sites (tertiary alicyclic amines) is 1. The second-order valence-electron chi connectivity index (χ2n) is 5.75. The zero-order chi connectivity index (χ0) is 16.2. The van der Waals surface area contributed by atoms with Gasteiger partial charge in [-0.25, -0.2) is 13.1 Å². The predicted molar refractivity (Wildman–Crippen MR) is 89.3 cm³/mol. The highest BCUT2D eigenvalue weighted by atomic mass is 32.2. The molecule has 7 heteroatoms. The Morgan fingerprint density at radius 1 is 1.41 bits per heavy atom. The van der Waals surface area contributed by atoms with Crippen LogP contribution in [0.5, 0.6) is 0 Å². The smallest absolute Gasteiger partial charge is 0.222 e. The van der Waals surface area contributed by atoms with Gasteiger partial charge in [0, 0.05) is 24.4 Å². The standard InChI is InChI=1S/C15H24N2O3S2/c1-3-4-5-11-22(19,20)16-12-8-9-14(18)17(2)15(12)13-7-6-10-21-13/h6-7,10,12,15-16H,3-5,8-9,11H2,1-2H3. The van der Waals surface area contributed by atoms with E-state index in [1.54, 1.807) is 23.3 Å².